The van der Waals surface area contributed by atoms with E-state index in [1.165, 1.54) is 12.1 Å². The molecule has 7 nitrogen and oxygen atoms in total. The largest absolute Gasteiger partial charge is 0.497 e. The number of methoxy groups -OCH3 is 1. The highest BCUT2D eigenvalue weighted by atomic mass is 32.1. The van der Waals surface area contributed by atoms with Crippen molar-refractivity contribution in [1.82, 2.24) is 19.8 Å². The maximum atomic E-state index is 13.9. The van der Waals surface area contributed by atoms with Crippen LogP contribution in [0.3, 0.4) is 0 Å². The Bertz CT molecular complexity index is 1130. The van der Waals surface area contributed by atoms with E-state index in [9.17, 15) is 14.0 Å². The molecule has 2 N–H and O–H groups in total. The normalized spacial score (nSPS) is 14.3. The average Bonchev–Trinajstić information content (AvgIpc) is 3.12. The molecule has 4 rings (SSSR count). The van der Waals surface area contributed by atoms with Gasteiger partial charge in [-0.2, -0.15) is 0 Å². The van der Waals surface area contributed by atoms with Crippen LogP contribution >= 0.6 is 12.2 Å². The van der Waals surface area contributed by atoms with E-state index >= 15 is 0 Å². The summed E-state index contributed by atoms with van der Waals surface area (Å²) in [6.07, 6.45) is 0. The Morgan fingerprint density at radius 3 is 2.24 bits per heavy atom. The predicted octanol–water partition coefficient (Wildman–Crippen LogP) is 2.97. The molecule has 3 aromatic rings. The number of carbonyl (C=O) groups excluding carboxylic acids is 2. The van der Waals surface area contributed by atoms with Crippen LogP contribution in [0.5, 0.6) is 5.75 Å². The van der Waals surface area contributed by atoms with Crippen LogP contribution in [-0.2, 0) is 0 Å². The molecule has 2 amide bonds. The fourth-order valence-corrected chi connectivity index (χ4v) is 3.69. The van der Waals surface area contributed by atoms with Gasteiger partial charge in [0.2, 0.25) is 0 Å². The lowest BCUT2D eigenvalue weighted by Gasteiger charge is -2.35. The number of nitrogens with zero attached hydrogens (tertiary/aromatic N) is 2. The van der Waals surface area contributed by atoms with Crippen molar-refractivity contribution in [2.75, 3.05) is 33.3 Å². The number of amides is 2. The first-order chi connectivity index (χ1) is 14.0. The van der Waals surface area contributed by atoms with Crippen molar-refractivity contribution >= 4 is 35.1 Å². The van der Waals surface area contributed by atoms with Crippen LogP contribution in [0.25, 0.3) is 11.0 Å². The molecule has 29 heavy (non-hydrogen) atoms. The third kappa shape index (κ3) is 3.73. The van der Waals surface area contributed by atoms with Crippen LogP contribution in [-0.4, -0.2) is 64.9 Å². The van der Waals surface area contributed by atoms with Crippen LogP contribution in [0.15, 0.2) is 36.4 Å². The number of benzene rings is 2. The lowest BCUT2D eigenvalue weighted by Crippen LogP contribution is -2.50. The van der Waals surface area contributed by atoms with E-state index in [0.717, 1.165) is 0 Å². The SMILES string of the molecule is COc1ccc(C(=O)N2CCN(C(=O)c3cc(F)cc4[nH]c(=S)[nH]c34)CC2)cc1. The number of aromatic nitrogens is 2. The van der Waals surface area contributed by atoms with Crippen molar-refractivity contribution < 1.29 is 18.7 Å². The molecule has 0 atom stereocenters. The van der Waals surface area contributed by atoms with Gasteiger partial charge in [-0.1, -0.05) is 0 Å². The van der Waals surface area contributed by atoms with Gasteiger partial charge in [0, 0.05) is 31.7 Å². The minimum atomic E-state index is -0.514. The van der Waals surface area contributed by atoms with Crippen molar-refractivity contribution in [3.05, 3.63) is 58.1 Å². The van der Waals surface area contributed by atoms with Crippen LogP contribution < -0.4 is 4.74 Å². The number of nitrogens with one attached hydrogen (secondary N) is 2. The molecule has 1 aliphatic heterocycles. The first kappa shape index (κ1) is 19.1. The van der Waals surface area contributed by atoms with Crippen molar-refractivity contribution in [3.8, 4) is 5.75 Å². The zero-order valence-corrected chi connectivity index (χ0v) is 16.5. The number of fused-ring (bicyclic) bond motifs is 1. The zero-order chi connectivity index (χ0) is 20.5. The van der Waals surface area contributed by atoms with Crippen LogP contribution in [0.4, 0.5) is 4.39 Å². The lowest BCUT2D eigenvalue weighted by molar-refractivity contribution is 0.0536. The Labute approximate surface area is 171 Å². The third-order valence-corrected chi connectivity index (χ3v) is 5.22. The summed E-state index contributed by atoms with van der Waals surface area (Å²) in [7, 11) is 1.57. The number of aromatic amines is 2. The van der Waals surface area contributed by atoms with Gasteiger partial charge in [0.1, 0.15) is 11.6 Å². The van der Waals surface area contributed by atoms with Gasteiger partial charge in [0.15, 0.2) is 4.77 Å². The van der Waals surface area contributed by atoms with E-state index in [0.29, 0.717) is 53.3 Å². The highest BCUT2D eigenvalue weighted by molar-refractivity contribution is 7.71. The molecule has 0 spiro atoms. The average molecular weight is 414 g/mol. The zero-order valence-electron chi connectivity index (χ0n) is 15.7. The monoisotopic (exact) mass is 414 g/mol. The van der Waals surface area contributed by atoms with E-state index in [1.807, 2.05) is 0 Å². The Morgan fingerprint density at radius 2 is 1.62 bits per heavy atom. The second-order valence-corrected chi connectivity index (χ2v) is 7.18. The van der Waals surface area contributed by atoms with E-state index in [-0.39, 0.29) is 17.4 Å². The smallest absolute Gasteiger partial charge is 0.256 e. The number of halogens is 1. The number of carbonyl (C=O) groups is 2. The summed E-state index contributed by atoms with van der Waals surface area (Å²) in [5.74, 6) is -0.222. The van der Waals surface area contributed by atoms with Gasteiger partial charge < -0.3 is 24.5 Å². The Hall–Kier alpha value is -3.20. The molecule has 1 fully saturated rings. The van der Waals surface area contributed by atoms with Gasteiger partial charge >= 0.3 is 0 Å². The number of imidazole rings is 1. The van der Waals surface area contributed by atoms with Crippen LogP contribution in [0.2, 0.25) is 0 Å². The van der Waals surface area contributed by atoms with E-state index in [2.05, 4.69) is 9.97 Å². The van der Waals surface area contributed by atoms with E-state index in [4.69, 9.17) is 17.0 Å². The van der Waals surface area contributed by atoms with Crippen molar-refractivity contribution in [2.45, 2.75) is 0 Å². The maximum Gasteiger partial charge on any atom is 0.256 e. The predicted molar refractivity (Wildman–Crippen MR) is 108 cm³/mol. The van der Waals surface area contributed by atoms with Crippen LogP contribution in [0, 0.1) is 10.6 Å². The van der Waals surface area contributed by atoms with Gasteiger partial charge in [-0.3, -0.25) is 9.59 Å². The van der Waals surface area contributed by atoms with Gasteiger partial charge in [-0.05, 0) is 48.6 Å². The second-order valence-electron chi connectivity index (χ2n) is 6.77. The number of ether oxygens (including phenoxy) is 1. The molecule has 0 bridgehead atoms. The summed E-state index contributed by atoms with van der Waals surface area (Å²) >= 11 is 5.05. The molecule has 0 unspecified atom stereocenters. The van der Waals surface area contributed by atoms with Gasteiger partial charge in [-0.25, -0.2) is 4.39 Å². The fourth-order valence-electron chi connectivity index (χ4n) is 3.48. The van der Waals surface area contributed by atoms with Gasteiger partial charge in [-0.15, -0.1) is 0 Å². The molecule has 0 radical (unpaired) electrons. The molecule has 0 aliphatic carbocycles. The molecule has 0 saturated carbocycles. The summed E-state index contributed by atoms with van der Waals surface area (Å²) in [5.41, 5.74) is 1.73. The quantitative estimate of drug-likeness (QED) is 0.646. The van der Waals surface area contributed by atoms with Crippen LogP contribution in [0.1, 0.15) is 20.7 Å². The molecule has 1 aliphatic rings. The van der Waals surface area contributed by atoms with E-state index < -0.39 is 5.82 Å². The second kappa shape index (κ2) is 7.67. The highest BCUT2D eigenvalue weighted by Gasteiger charge is 2.27. The number of piperazine rings is 1. The molecule has 1 aromatic heterocycles. The standard InChI is InChI=1S/C20H19FN4O3S/c1-28-14-4-2-12(3-5-14)18(26)24-6-8-25(9-7-24)19(27)15-10-13(21)11-16-17(15)23-20(29)22-16/h2-5,10-11H,6-9H2,1H3,(H2,22,23,29). The summed E-state index contributed by atoms with van der Waals surface area (Å²) in [4.78, 5) is 34.7. The molecule has 2 heterocycles. The maximum absolute atomic E-state index is 13.9. The first-order valence-electron chi connectivity index (χ1n) is 9.10. The minimum absolute atomic E-state index is 0.0948. The topological polar surface area (TPSA) is 81.4 Å². The number of hydrogen-bond donors (Lipinski definition) is 2. The van der Waals surface area contributed by atoms with Gasteiger partial charge in [0.05, 0.1) is 23.7 Å². The molecule has 1 saturated heterocycles. The number of H-pyrrole nitrogens is 2. The first-order valence-corrected chi connectivity index (χ1v) is 9.51. The molecular formula is C20H19FN4O3S. The highest BCUT2D eigenvalue weighted by Crippen LogP contribution is 2.21. The Kier molecular flexibility index (Phi) is 5.06. The molecule has 2 aromatic carbocycles. The van der Waals surface area contributed by atoms with Gasteiger partial charge in [0.25, 0.3) is 11.8 Å². The van der Waals surface area contributed by atoms with Crippen molar-refractivity contribution in [3.63, 3.8) is 0 Å². The van der Waals surface area contributed by atoms with Crippen molar-refractivity contribution in [2.24, 2.45) is 0 Å². The number of hydrogen-bond acceptors (Lipinski definition) is 4. The van der Waals surface area contributed by atoms with Crippen molar-refractivity contribution in [1.29, 1.82) is 0 Å². The summed E-state index contributed by atoms with van der Waals surface area (Å²) in [6.45, 7) is 1.53. The number of rotatable bonds is 3. The minimum Gasteiger partial charge on any atom is -0.497 e. The summed E-state index contributed by atoms with van der Waals surface area (Å²) in [5, 5.41) is 0. The van der Waals surface area contributed by atoms with E-state index in [1.54, 1.807) is 41.2 Å². The third-order valence-electron chi connectivity index (χ3n) is 5.01. The fraction of sp³-hybridized carbons (Fsp3) is 0.250. The lowest BCUT2D eigenvalue weighted by atomic mass is 10.1. The Morgan fingerprint density at radius 1 is 1.00 bits per heavy atom. The summed E-state index contributed by atoms with van der Waals surface area (Å²) < 4.78 is 19.4. The summed E-state index contributed by atoms with van der Waals surface area (Å²) in [6, 6.07) is 9.42. The molecule has 9 heteroatoms. The molecular weight excluding hydrogens is 395 g/mol. The molecule has 150 valence electrons. The Balaban J connectivity index is 1.47.